The first-order valence-corrected chi connectivity index (χ1v) is 19.7. The summed E-state index contributed by atoms with van der Waals surface area (Å²) in [7, 11) is 0. The van der Waals surface area contributed by atoms with E-state index in [1.807, 2.05) is 42.5 Å². The van der Waals surface area contributed by atoms with Crippen molar-refractivity contribution in [1.82, 2.24) is 15.0 Å². The van der Waals surface area contributed by atoms with Gasteiger partial charge in [0.15, 0.2) is 17.5 Å². The Balaban J connectivity index is 1.06. The van der Waals surface area contributed by atoms with Crippen molar-refractivity contribution >= 4 is 85.0 Å². The minimum Gasteiger partial charge on any atom is -0.455 e. The van der Waals surface area contributed by atoms with Crippen LogP contribution in [0.2, 0.25) is 0 Å². The third-order valence-electron chi connectivity index (χ3n) is 10.3. The third-order valence-corrected chi connectivity index (χ3v) is 12.7. The van der Waals surface area contributed by atoms with E-state index in [-0.39, 0.29) is 28.6 Å². The Morgan fingerprint density at radius 2 is 1.04 bits per heavy atom. The van der Waals surface area contributed by atoms with Crippen LogP contribution in [0.4, 0.5) is 0 Å². The van der Waals surface area contributed by atoms with E-state index in [0.29, 0.717) is 5.56 Å². The number of benzene rings is 8. The predicted molar refractivity (Wildman–Crippen MR) is 240 cm³/mol. The zero-order chi connectivity index (χ0) is 46.2. The molecule has 0 fully saturated rings. The first kappa shape index (κ1) is 23.8. The van der Waals surface area contributed by atoms with Gasteiger partial charge in [-0.25, -0.2) is 15.0 Å². The monoisotopic (exact) mass is 773 g/mol. The largest absolute Gasteiger partial charge is 0.455 e. The van der Waals surface area contributed by atoms with E-state index in [1.54, 1.807) is 22.7 Å². The van der Waals surface area contributed by atoms with Crippen LogP contribution in [0.15, 0.2) is 180 Å². The van der Waals surface area contributed by atoms with Gasteiger partial charge in [0.1, 0.15) is 11.2 Å². The SMILES string of the molecule is [2H]c1c([2H])c([2H])c(-c2nc(-c3ccc4c(c3)sc3cccc(-c5ccc(-c6cccc7c6sc6ccccc67)c6c5oc5ccccc56)c34)nc(-c3c([2H])c([2H])c([2H])c([2H])c3[2H])n2)c([2H])c1[2H]. The lowest BCUT2D eigenvalue weighted by molar-refractivity contribution is 0.670. The molecule has 0 atom stereocenters. The maximum atomic E-state index is 8.72. The van der Waals surface area contributed by atoms with Gasteiger partial charge in [-0.3, -0.25) is 0 Å². The Morgan fingerprint density at radius 3 is 1.82 bits per heavy atom. The van der Waals surface area contributed by atoms with Gasteiger partial charge < -0.3 is 4.42 Å². The highest BCUT2D eigenvalue weighted by Crippen LogP contribution is 2.48. The molecular formula is C51H29N3OS2. The fourth-order valence-corrected chi connectivity index (χ4v) is 10.3. The molecule has 6 heteroatoms. The molecule has 57 heavy (non-hydrogen) atoms. The molecule has 0 radical (unpaired) electrons. The first-order chi connectivity index (χ1) is 32.4. The van der Waals surface area contributed by atoms with Gasteiger partial charge in [0, 0.05) is 78.9 Å². The summed E-state index contributed by atoms with van der Waals surface area (Å²) in [5.41, 5.74) is 5.49. The molecule has 0 aliphatic heterocycles. The van der Waals surface area contributed by atoms with Gasteiger partial charge >= 0.3 is 0 Å². The number of nitrogens with zero attached hydrogens (tertiary/aromatic N) is 3. The number of fused-ring (bicyclic) bond motifs is 9. The highest BCUT2D eigenvalue weighted by molar-refractivity contribution is 7.26. The van der Waals surface area contributed by atoms with Crippen molar-refractivity contribution in [1.29, 1.82) is 0 Å². The smallest absolute Gasteiger partial charge is 0.164 e. The number of furan rings is 1. The van der Waals surface area contributed by atoms with Gasteiger partial charge in [-0.1, -0.05) is 145 Å². The zero-order valence-electron chi connectivity index (χ0n) is 39.5. The standard InChI is InChI=1S/C51H29N3OS2/c1-3-13-30(14-4-1)49-52-50(31-15-5-2-6-16-31)54-51(53-49)32-25-26-40-44(29-32)56-43-24-12-19-34(45(40)43)36-28-27-35(46-39-18-7-9-22-41(39)55-47(36)46)38-21-11-20-37-33-17-8-10-23-42(33)57-48(37)38/h1-29H/i1D,2D,3D,4D,5D,6D,13D,14D,15D,16D. The summed E-state index contributed by atoms with van der Waals surface area (Å²) in [6, 6.07) is 33.4. The summed E-state index contributed by atoms with van der Waals surface area (Å²) in [5, 5.41) is 6.43. The molecular weight excluding hydrogens is 735 g/mol. The van der Waals surface area contributed by atoms with E-state index in [0.717, 1.165) is 64.4 Å². The van der Waals surface area contributed by atoms with Crippen LogP contribution >= 0.6 is 22.7 Å². The second kappa shape index (κ2) is 12.8. The lowest BCUT2D eigenvalue weighted by Crippen LogP contribution is -1.99. The maximum absolute atomic E-state index is 8.72. The van der Waals surface area contributed by atoms with Gasteiger partial charge in [0.25, 0.3) is 0 Å². The van der Waals surface area contributed by atoms with Crippen LogP contribution in [-0.2, 0) is 0 Å². The van der Waals surface area contributed by atoms with Crippen LogP contribution in [0.5, 0.6) is 0 Å². The van der Waals surface area contributed by atoms with Crippen molar-refractivity contribution in [2.75, 3.05) is 0 Å². The Kier molecular flexibility index (Phi) is 5.34. The zero-order valence-corrected chi connectivity index (χ0v) is 31.2. The average molecular weight is 774 g/mol. The van der Waals surface area contributed by atoms with Crippen LogP contribution in [0.1, 0.15) is 13.7 Å². The maximum Gasteiger partial charge on any atom is 0.164 e. The van der Waals surface area contributed by atoms with Gasteiger partial charge in [-0.15, -0.1) is 22.7 Å². The molecule has 0 aliphatic rings. The lowest BCUT2D eigenvalue weighted by Gasteiger charge is -2.11. The fraction of sp³-hybridized carbons (Fsp3) is 0. The summed E-state index contributed by atoms with van der Waals surface area (Å²) in [6.45, 7) is 0. The molecule has 4 nitrogen and oxygen atoms in total. The van der Waals surface area contributed by atoms with E-state index >= 15 is 0 Å². The fourth-order valence-electron chi connectivity index (χ4n) is 7.87. The lowest BCUT2D eigenvalue weighted by atomic mass is 9.92. The summed E-state index contributed by atoms with van der Waals surface area (Å²) >= 11 is 3.34. The Labute approximate surface area is 349 Å². The van der Waals surface area contributed by atoms with Crippen LogP contribution in [0.3, 0.4) is 0 Å². The molecule has 0 N–H and O–H groups in total. The molecule has 0 amide bonds. The molecule has 0 spiro atoms. The van der Waals surface area contributed by atoms with Crippen molar-refractivity contribution in [3.8, 4) is 56.4 Å². The molecule has 0 saturated carbocycles. The van der Waals surface area contributed by atoms with Gasteiger partial charge in [0.2, 0.25) is 0 Å². The van der Waals surface area contributed by atoms with Crippen LogP contribution < -0.4 is 0 Å². The van der Waals surface area contributed by atoms with E-state index in [1.165, 1.54) is 20.2 Å². The van der Waals surface area contributed by atoms with E-state index in [9.17, 15) is 0 Å². The minimum atomic E-state index is -0.604. The normalized spacial score (nSPS) is 14.3. The Morgan fingerprint density at radius 1 is 0.421 bits per heavy atom. The molecule has 12 rings (SSSR count). The summed E-state index contributed by atoms with van der Waals surface area (Å²) < 4.78 is 95.7. The first-order valence-electron chi connectivity index (χ1n) is 23.1. The third kappa shape index (κ3) is 5.15. The Hall–Kier alpha value is -6.99. The van der Waals surface area contributed by atoms with Crippen LogP contribution in [0.25, 0.3) is 119 Å². The predicted octanol–water partition coefficient (Wildman–Crippen LogP) is 14.8. The quantitative estimate of drug-likeness (QED) is 0.175. The van der Waals surface area contributed by atoms with E-state index in [4.69, 9.17) is 18.1 Å². The van der Waals surface area contributed by atoms with Crippen molar-refractivity contribution in [2.45, 2.75) is 0 Å². The molecule has 8 aromatic carbocycles. The van der Waals surface area contributed by atoms with Crippen molar-refractivity contribution < 1.29 is 18.1 Å². The minimum absolute atomic E-state index is 0.00596. The molecule has 0 bridgehead atoms. The summed E-state index contributed by atoms with van der Waals surface area (Å²) in [6.07, 6.45) is 0. The van der Waals surface area contributed by atoms with Gasteiger partial charge in [-0.2, -0.15) is 0 Å². The van der Waals surface area contributed by atoms with Crippen molar-refractivity contribution in [3.63, 3.8) is 0 Å². The van der Waals surface area contributed by atoms with Crippen LogP contribution in [0, 0.1) is 0 Å². The topological polar surface area (TPSA) is 51.8 Å². The van der Waals surface area contributed by atoms with Gasteiger partial charge in [-0.05, 0) is 41.5 Å². The van der Waals surface area contributed by atoms with Gasteiger partial charge in [0.05, 0.1) is 13.7 Å². The average Bonchev–Trinajstić information content (AvgIpc) is 4.05. The van der Waals surface area contributed by atoms with Crippen molar-refractivity contribution in [3.05, 3.63) is 176 Å². The van der Waals surface area contributed by atoms with E-state index < -0.39 is 60.4 Å². The second-order valence-corrected chi connectivity index (χ2v) is 15.7. The molecule has 0 unspecified atom stereocenters. The van der Waals surface area contributed by atoms with Crippen molar-refractivity contribution in [2.24, 2.45) is 0 Å². The molecule has 0 aliphatic carbocycles. The second-order valence-electron chi connectivity index (χ2n) is 13.5. The summed E-state index contributed by atoms with van der Waals surface area (Å²) in [4.78, 5) is 13.7. The molecule has 0 saturated heterocycles. The summed E-state index contributed by atoms with van der Waals surface area (Å²) in [5.74, 6) is -0.625. The van der Waals surface area contributed by atoms with E-state index in [2.05, 4.69) is 87.7 Å². The number of hydrogen-bond donors (Lipinski definition) is 0. The number of para-hydroxylation sites is 1. The molecule has 266 valence electrons. The molecule has 4 heterocycles. The Bertz CT molecular complexity index is 4000. The number of hydrogen-bond acceptors (Lipinski definition) is 6. The number of aromatic nitrogens is 3. The molecule has 4 aromatic heterocycles. The highest BCUT2D eigenvalue weighted by atomic mass is 32.1. The number of thiophene rings is 2. The molecule has 12 aromatic rings. The number of rotatable bonds is 5. The highest BCUT2D eigenvalue weighted by Gasteiger charge is 2.22. The van der Waals surface area contributed by atoms with Crippen LogP contribution in [-0.4, -0.2) is 15.0 Å².